The predicted octanol–water partition coefficient (Wildman–Crippen LogP) is 4.09. The summed E-state index contributed by atoms with van der Waals surface area (Å²) in [6.45, 7) is 2.52. The van der Waals surface area contributed by atoms with Gasteiger partial charge in [0.2, 0.25) is 0 Å². The van der Waals surface area contributed by atoms with Crippen LogP contribution in [-0.4, -0.2) is 27.7 Å². The van der Waals surface area contributed by atoms with Crippen molar-refractivity contribution in [2.75, 3.05) is 6.61 Å². The first-order valence-corrected chi connectivity index (χ1v) is 9.34. The van der Waals surface area contributed by atoms with Crippen molar-refractivity contribution in [1.29, 1.82) is 0 Å². The fraction of sp³-hybridized carbons (Fsp3) is 0.550. The van der Waals surface area contributed by atoms with Crippen LogP contribution in [-0.2, 0) is 0 Å². The molecule has 0 bridgehead atoms. The summed E-state index contributed by atoms with van der Waals surface area (Å²) in [7, 11) is 0. The van der Waals surface area contributed by atoms with Crippen LogP contribution >= 0.6 is 0 Å². The third kappa shape index (κ3) is 3.32. The highest BCUT2D eigenvalue weighted by molar-refractivity contribution is 5.81. The van der Waals surface area contributed by atoms with Gasteiger partial charge >= 0.3 is 0 Å². The second kappa shape index (κ2) is 6.98. The Morgan fingerprint density at radius 3 is 2.88 bits per heavy atom. The van der Waals surface area contributed by atoms with Gasteiger partial charge in [-0.1, -0.05) is 12.8 Å². The highest BCUT2D eigenvalue weighted by Crippen LogP contribution is 2.42. The Morgan fingerprint density at radius 2 is 2.08 bits per heavy atom. The van der Waals surface area contributed by atoms with Gasteiger partial charge in [-0.25, -0.2) is 0 Å². The van der Waals surface area contributed by atoms with Gasteiger partial charge in [-0.15, -0.1) is 0 Å². The van der Waals surface area contributed by atoms with Crippen LogP contribution < -0.4 is 4.74 Å². The number of nitrogens with zero attached hydrogens (tertiary/aromatic N) is 3. The predicted molar refractivity (Wildman–Crippen MR) is 95.1 cm³/mol. The van der Waals surface area contributed by atoms with Crippen molar-refractivity contribution >= 4 is 6.29 Å². The van der Waals surface area contributed by atoms with E-state index < -0.39 is 0 Å². The van der Waals surface area contributed by atoms with Gasteiger partial charge in [-0.05, 0) is 44.2 Å². The van der Waals surface area contributed by atoms with Crippen LogP contribution in [0.2, 0.25) is 0 Å². The van der Waals surface area contributed by atoms with Gasteiger partial charge in [0, 0.05) is 29.9 Å². The second-order valence-corrected chi connectivity index (χ2v) is 7.38. The number of pyridine rings is 1. The molecule has 0 spiro atoms. The van der Waals surface area contributed by atoms with Gasteiger partial charge in [0.1, 0.15) is 5.75 Å². The smallest absolute Gasteiger partial charge is 0.154 e. The lowest BCUT2D eigenvalue weighted by Gasteiger charge is -2.32. The molecule has 2 heterocycles. The maximum Gasteiger partial charge on any atom is 0.154 e. The molecule has 4 rings (SSSR count). The summed E-state index contributed by atoms with van der Waals surface area (Å²) in [5.41, 5.74) is 2.85. The molecule has 5 nitrogen and oxygen atoms in total. The summed E-state index contributed by atoms with van der Waals surface area (Å²) in [4.78, 5) is 15.5. The average molecular weight is 339 g/mol. The molecule has 2 aromatic rings. The molecule has 2 saturated carbocycles. The monoisotopic (exact) mass is 339 g/mol. The first-order chi connectivity index (χ1) is 12.3. The summed E-state index contributed by atoms with van der Waals surface area (Å²) in [6.07, 6.45) is 13.5. The number of aldehydes is 1. The Bertz CT molecular complexity index is 751. The van der Waals surface area contributed by atoms with Crippen LogP contribution in [0.3, 0.4) is 0 Å². The molecule has 0 saturated heterocycles. The molecule has 0 radical (unpaired) electrons. The Labute approximate surface area is 148 Å². The summed E-state index contributed by atoms with van der Waals surface area (Å²) in [5, 5.41) is 4.56. The molecular weight excluding hydrogens is 314 g/mol. The van der Waals surface area contributed by atoms with Gasteiger partial charge in [-0.3, -0.25) is 14.5 Å². The number of carbonyl (C=O) groups excluding carboxylic acids is 1. The molecule has 2 aliphatic rings. The summed E-state index contributed by atoms with van der Waals surface area (Å²) in [5.74, 6) is 1.56. The lowest BCUT2D eigenvalue weighted by atomic mass is 9.78. The van der Waals surface area contributed by atoms with Gasteiger partial charge in [-0.2, -0.15) is 5.10 Å². The zero-order valence-electron chi connectivity index (χ0n) is 14.7. The Hall–Kier alpha value is -2.17. The molecule has 2 fully saturated rings. The van der Waals surface area contributed by atoms with Crippen molar-refractivity contribution in [3.8, 4) is 5.75 Å². The van der Waals surface area contributed by atoms with E-state index in [1.165, 1.54) is 37.8 Å². The number of carbonyl (C=O) groups is 1. The fourth-order valence-corrected chi connectivity index (χ4v) is 4.05. The van der Waals surface area contributed by atoms with Crippen LogP contribution in [0.25, 0.3) is 0 Å². The maximum absolute atomic E-state index is 11.4. The standard InChI is InChI=1S/C20H25N3O2/c1-14-10-21-11-20(18(14)12-24)25-13-15-4-2-3-5-17(15)19-8-9-22-23(19)16-6-7-16/h8-12,15-17H,2-7,13H2,1H3. The number of ether oxygens (including phenoxy) is 1. The molecule has 2 aliphatic carbocycles. The number of hydrogen-bond donors (Lipinski definition) is 0. The SMILES string of the molecule is Cc1cncc(OCC2CCCCC2c2ccnn2C2CC2)c1C=O. The van der Waals surface area contributed by atoms with Crippen molar-refractivity contribution in [3.63, 3.8) is 0 Å². The quantitative estimate of drug-likeness (QED) is 0.744. The number of hydrogen-bond acceptors (Lipinski definition) is 4. The third-order valence-electron chi connectivity index (χ3n) is 5.60. The number of rotatable bonds is 6. The lowest BCUT2D eigenvalue weighted by molar-refractivity contribution is 0.111. The lowest BCUT2D eigenvalue weighted by Crippen LogP contribution is -2.26. The van der Waals surface area contributed by atoms with E-state index in [1.54, 1.807) is 12.4 Å². The highest BCUT2D eigenvalue weighted by Gasteiger charge is 2.33. The van der Waals surface area contributed by atoms with Crippen LogP contribution in [0.1, 0.15) is 72.1 Å². The maximum atomic E-state index is 11.4. The van der Waals surface area contributed by atoms with E-state index in [-0.39, 0.29) is 0 Å². The largest absolute Gasteiger partial charge is 0.491 e. The van der Waals surface area contributed by atoms with E-state index in [9.17, 15) is 4.79 Å². The summed E-state index contributed by atoms with van der Waals surface area (Å²) in [6, 6.07) is 2.79. The van der Waals surface area contributed by atoms with Crippen molar-refractivity contribution < 1.29 is 9.53 Å². The molecule has 2 atom stereocenters. The molecule has 25 heavy (non-hydrogen) atoms. The molecule has 0 aromatic carbocycles. The van der Waals surface area contributed by atoms with Crippen LogP contribution in [0.5, 0.6) is 5.75 Å². The van der Waals surface area contributed by atoms with Gasteiger partial charge < -0.3 is 4.74 Å². The molecule has 2 unspecified atom stereocenters. The van der Waals surface area contributed by atoms with Crippen LogP contribution in [0.15, 0.2) is 24.7 Å². The van der Waals surface area contributed by atoms with Crippen molar-refractivity contribution in [2.45, 2.75) is 57.4 Å². The van der Waals surface area contributed by atoms with E-state index >= 15 is 0 Å². The average Bonchev–Trinajstić information content (AvgIpc) is 3.37. The Morgan fingerprint density at radius 1 is 1.24 bits per heavy atom. The molecule has 5 heteroatoms. The fourth-order valence-electron chi connectivity index (χ4n) is 4.05. The van der Waals surface area contributed by atoms with E-state index in [1.807, 2.05) is 13.1 Å². The van der Waals surface area contributed by atoms with Crippen LogP contribution in [0.4, 0.5) is 0 Å². The van der Waals surface area contributed by atoms with Crippen LogP contribution in [0, 0.1) is 12.8 Å². The molecular formula is C20H25N3O2. The number of aromatic nitrogens is 3. The highest BCUT2D eigenvalue weighted by atomic mass is 16.5. The van der Waals surface area contributed by atoms with Crippen molar-refractivity contribution in [3.05, 3.63) is 41.5 Å². The zero-order valence-corrected chi connectivity index (χ0v) is 14.7. The van der Waals surface area contributed by atoms with Gasteiger partial charge in [0.25, 0.3) is 0 Å². The summed E-state index contributed by atoms with van der Waals surface area (Å²) < 4.78 is 8.31. The van der Waals surface area contributed by atoms with Gasteiger partial charge in [0.05, 0.1) is 24.4 Å². The molecule has 0 amide bonds. The van der Waals surface area contributed by atoms with Gasteiger partial charge in [0.15, 0.2) is 6.29 Å². The molecule has 2 aromatic heterocycles. The Kier molecular flexibility index (Phi) is 4.55. The molecule has 132 valence electrons. The summed E-state index contributed by atoms with van der Waals surface area (Å²) >= 11 is 0. The third-order valence-corrected chi connectivity index (χ3v) is 5.60. The first-order valence-electron chi connectivity index (χ1n) is 9.34. The normalized spacial score (nSPS) is 23.4. The minimum atomic E-state index is 0.461. The van der Waals surface area contributed by atoms with E-state index in [0.717, 1.165) is 18.3 Å². The second-order valence-electron chi connectivity index (χ2n) is 7.38. The van der Waals surface area contributed by atoms with Crippen molar-refractivity contribution in [2.24, 2.45) is 5.92 Å². The minimum absolute atomic E-state index is 0.461. The first kappa shape index (κ1) is 16.3. The Balaban J connectivity index is 1.51. The van der Waals surface area contributed by atoms with E-state index in [2.05, 4.69) is 20.8 Å². The molecule has 0 aliphatic heterocycles. The van der Waals surface area contributed by atoms with E-state index in [4.69, 9.17) is 4.74 Å². The van der Waals surface area contributed by atoms with Crippen molar-refractivity contribution in [1.82, 2.24) is 14.8 Å². The topological polar surface area (TPSA) is 57.0 Å². The minimum Gasteiger partial charge on any atom is -0.491 e. The van der Waals surface area contributed by atoms with E-state index in [0.29, 0.717) is 35.8 Å². The number of aryl methyl sites for hydroxylation is 1. The molecule has 0 N–H and O–H groups in total. The zero-order chi connectivity index (χ0) is 17.2.